The standard InChI is InChI=1S/C12H16N6/c1-10-14-15-16-18(10)12-4-2-3-11(9-12)17-7-5-13-6-8-17/h2-4,9,13H,5-8H2,1H3. The van der Waals surface area contributed by atoms with E-state index < -0.39 is 0 Å². The molecule has 6 nitrogen and oxygen atoms in total. The number of nitrogens with one attached hydrogen (secondary N) is 1. The van der Waals surface area contributed by atoms with Crippen LogP contribution in [0.5, 0.6) is 0 Å². The summed E-state index contributed by atoms with van der Waals surface area (Å²) in [5.41, 5.74) is 2.23. The summed E-state index contributed by atoms with van der Waals surface area (Å²) in [6, 6.07) is 8.34. The summed E-state index contributed by atoms with van der Waals surface area (Å²) in [6.45, 7) is 6.05. The van der Waals surface area contributed by atoms with Crippen LogP contribution in [-0.4, -0.2) is 46.4 Å². The molecule has 1 N–H and O–H groups in total. The molecule has 1 aromatic carbocycles. The quantitative estimate of drug-likeness (QED) is 0.827. The molecule has 0 radical (unpaired) electrons. The van der Waals surface area contributed by atoms with E-state index in [4.69, 9.17) is 0 Å². The van der Waals surface area contributed by atoms with Gasteiger partial charge in [0, 0.05) is 31.9 Å². The Bertz CT molecular complexity index is 529. The maximum atomic E-state index is 4.00. The number of anilines is 1. The first-order chi connectivity index (χ1) is 8.84. The van der Waals surface area contributed by atoms with Gasteiger partial charge in [-0.3, -0.25) is 0 Å². The molecular weight excluding hydrogens is 228 g/mol. The number of aromatic nitrogens is 4. The van der Waals surface area contributed by atoms with E-state index >= 15 is 0 Å². The summed E-state index contributed by atoms with van der Waals surface area (Å²) in [7, 11) is 0. The summed E-state index contributed by atoms with van der Waals surface area (Å²) in [6.07, 6.45) is 0. The Balaban J connectivity index is 1.91. The van der Waals surface area contributed by atoms with E-state index in [0.29, 0.717) is 0 Å². The molecule has 0 saturated carbocycles. The maximum absolute atomic E-state index is 4.00. The SMILES string of the molecule is Cc1nnnn1-c1cccc(N2CCNCC2)c1. The lowest BCUT2D eigenvalue weighted by atomic mass is 10.2. The van der Waals surface area contributed by atoms with Gasteiger partial charge in [0.15, 0.2) is 5.82 Å². The highest BCUT2D eigenvalue weighted by molar-refractivity contribution is 5.53. The molecule has 6 heteroatoms. The third kappa shape index (κ3) is 2.06. The van der Waals surface area contributed by atoms with Gasteiger partial charge in [0.05, 0.1) is 5.69 Å². The van der Waals surface area contributed by atoms with Gasteiger partial charge in [-0.2, -0.15) is 4.68 Å². The van der Waals surface area contributed by atoms with E-state index in [0.717, 1.165) is 37.7 Å². The van der Waals surface area contributed by atoms with E-state index in [1.807, 2.05) is 19.1 Å². The van der Waals surface area contributed by atoms with Gasteiger partial charge >= 0.3 is 0 Å². The van der Waals surface area contributed by atoms with Gasteiger partial charge in [-0.1, -0.05) is 6.07 Å². The highest BCUT2D eigenvalue weighted by atomic mass is 15.5. The Hall–Kier alpha value is -1.95. The number of rotatable bonds is 2. The van der Waals surface area contributed by atoms with Crippen LogP contribution in [0.1, 0.15) is 5.82 Å². The molecule has 0 spiro atoms. The molecule has 1 aromatic heterocycles. The number of piperazine rings is 1. The van der Waals surface area contributed by atoms with Crippen LogP contribution in [0.3, 0.4) is 0 Å². The fourth-order valence-corrected chi connectivity index (χ4v) is 2.21. The van der Waals surface area contributed by atoms with Crippen LogP contribution in [0.2, 0.25) is 0 Å². The molecule has 0 aliphatic carbocycles. The summed E-state index contributed by atoms with van der Waals surface area (Å²) in [4.78, 5) is 2.37. The number of hydrogen-bond donors (Lipinski definition) is 1. The Morgan fingerprint density at radius 1 is 1.17 bits per heavy atom. The molecule has 1 saturated heterocycles. The number of hydrogen-bond acceptors (Lipinski definition) is 5. The second-order valence-corrected chi connectivity index (χ2v) is 4.39. The first-order valence-corrected chi connectivity index (χ1v) is 6.16. The van der Waals surface area contributed by atoms with Crippen molar-refractivity contribution in [3.8, 4) is 5.69 Å². The highest BCUT2D eigenvalue weighted by Gasteiger charge is 2.11. The lowest BCUT2D eigenvalue weighted by molar-refractivity contribution is 0.589. The van der Waals surface area contributed by atoms with Crippen molar-refractivity contribution in [2.75, 3.05) is 31.1 Å². The zero-order valence-electron chi connectivity index (χ0n) is 10.4. The second kappa shape index (κ2) is 4.73. The molecule has 3 rings (SSSR count). The van der Waals surface area contributed by atoms with Crippen molar-refractivity contribution in [3.05, 3.63) is 30.1 Å². The lowest BCUT2D eigenvalue weighted by Crippen LogP contribution is -2.43. The average Bonchev–Trinajstić information content (AvgIpc) is 2.86. The molecular formula is C12H16N6. The summed E-state index contributed by atoms with van der Waals surface area (Å²) in [5.74, 6) is 0.799. The molecule has 1 aliphatic rings. The minimum Gasteiger partial charge on any atom is -0.369 e. The largest absolute Gasteiger partial charge is 0.369 e. The summed E-state index contributed by atoms with van der Waals surface area (Å²) < 4.78 is 1.76. The Morgan fingerprint density at radius 2 is 1.94 bits per heavy atom. The van der Waals surface area contributed by atoms with E-state index in [1.54, 1.807) is 4.68 Å². The van der Waals surface area contributed by atoms with Gasteiger partial charge in [0.25, 0.3) is 0 Å². The molecule has 0 atom stereocenters. The van der Waals surface area contributed by atoms with Crippen LogP contribution in [0.4, 0.5) is 5.69 Å². The maximum Gasteiger partial charge on any atom is 0.153 e. The lowest BCUT2D eigenvalue weighted by Gasteiger charge is -2.29. The van der Waals surface area contributed by atoms with Gasteiger partial charge in [-0.05, 0) is 35.5 Å². The Labute approximate surface area is 106 Å². The van der Waals surface area contributed by atoms with Crippen LogP contribution in [0.25, 0.3) is 5.69 Å². The van der Waals surface area contributed by atoms with E-state index in [-0.39, 0.29) is 0 Å². The van der Waals surface area contributed by atoms with Gasteiger partial charge in [0.2, 0.25) is 0 Å². The van der Waals surface area contributed by atoms with Crippen molar-refractivity contribution in [2.45, 2.75) is 6.92 Å². The fourth-order valence-electron chi connectivity index (χ4n) is 2.21. The van der Waals surface area contributed by atoms with Gasteiger partial charge in [0.1, 0.15) is 0 Å². The molecule has 1 aliphatic heterocycles. The Morgan fingerprint density at radius 3 is 2.67 bits per heavy atom. The number of tetrazole rings is 1. The third-order valence-corrected chi connectivity index (χ3v) is 3.18. The molecule has 18 heavy (non-hydrogen) atoms. The van der Waals surface area contributed by atoms with Gasteiger partial charge in [-0.15, -0.1) is 5.10 Å². The first kappa shape index (κ1) is 11.2. The van der Waals surface area contributed by atoms with Crippen LogP contribution >= 0.6 is 0 Å². The van der Waals surface area contributed by atoms with Gasteiger partial charge in [-0.25, -0.2) is 0 Å². The molecule has 94 valence electrons. The highest BCUT2D eigenvalue weighted by Crippen LogP contribution is 2.19. The van der Waals surface area contributed by atoms with Crippen LogP contribution in [-0.2, 0) is 0 Å². The number of aryl methyl sites for hydroxylation is 1. The topological polar surface area (TPSA) is 58.9 Å². The van der Waals surface area contributed by atoms with Gasteiger partial charge < -0.3 is 10.2 Å². The summed E-state index contributed by atoms with van der Waals surface area (Å²) >= 11 is 0. The zero-order chi connectivity index (χ0) is 12.4. The zero-order valence-corrected chi connectivity index (χ0v) is 10.4. The minimum absolute atomic E-state index is 0.799. The fraction of sp³-hybridized carbons (Fsp3) is 0.417. The molecule has 0 unspecified atom stereocenters. The van der Waals surface area contributed by atoms with E-state index in [1.165, 1.54) is 5.69 Å². The molecule has 2 heterocycles. The van der Waals surface area contributed by atoms with Crippen LogP contribution < -0.4 is 10.2 Å². The predicted octanol–water partition coefficient (Wildman–Crippen LogP) is 0.380. The molecule has 0 amide bonds. The minimum atomic E-state index is 0.799. The predicted molar refractivity (Wildman–Crippen MR) is 69.0 cm³/mol. The number of benzene rings is 1. The van der Waals surface area contributed by atoms with Crippen LogP contribution in [0.15, 0.2) is 24.3 Å². The first-order valence-electron chi connectivity index (χ1n) is 6.16. The Kier molecular flexibility index (Phi) is 2.93. The van der Waals surface area contributed by atoms with Crippen molar-refractivity contribution >= 4 is 5.69 Å². The molecule has 1 fully saturated rings. The third-order valence-electron chi connectivity index (χ3n) is 3.18. The molecule has 0 bridgehead atoms. The van der Waals surface area contributed by atoms with Crippen molar-refractivity contribution in [1.29, 1.82) is 0 Å². The average molecular weight is 244 g/mol. The number of nitrogens with zero attached hydrogens (tertiary/aromatic N) is 5. The van der Waals surface area contributed by atoms with Crippen LogP contribution in [0, 0.1) is 6.92 Å². The normalized spacial score (nSPS) is 15.9. The molecule has 2 aromatic rings. The smallest absolute Gasteiger partial charge is 0.153 e. The summed E-state index contributed by atoms with van der Waals surface area (Å²) in [5, 5.41) is 14.9. The van der Waals surface area contributed by atoms with Crippen molar-refractivity contribution in [2.24, 2.45) is 0 Å². The van der Waals surface area contributed by atoms with Crippen molar-refractivity contribution in [3.63, 3.8) is 0 Å². The van der Waals surface area contributed by atoms with E-state index in [9.17, 15) is 0 Å². The second-order valence-electron chi connectivity index (χ2n) is 4.39. The monoisotopic (exact) mass is 244 g/mol. The van der Waals surface area contributed by atoms with Crippen molar-refractivity contribution in [1.82, 2.24) is 25.5 Å². The van der Waals surface area contributed by atoms with E-state index in [2.05, 4.69) is 37.9 Å². The van der Waals surface area contributed by atoms with Crippen molar-refractivity contribution < 1.29 is 0 Å².